The number of aliphatic hydroxyl groups is 1. The molecule has 5 nitrogen and oxygen atoms in total. The molecule has 0 aromatic carbocycles. The van der Waals surface area contributed by atoms with Gasteiger partial charge in [-0.2, -0.15) is 0 Å². The van der Waals surface area contributed by atoms with Crippen LogP contribution in [0.4, 0.5) is 0 Å². The molecule has 3 aromatic heterocycles. The SMILES string of the molecule is CCOc1ccc(-c2nc3c(cc2CC)c([C@H](C)CCO)cn3C)c(CC)n1. The molecule has 3 aromatic rings. The van der Waals surface area contributed by atoms with Crippen LogP contribution in [0, 0.1) is 0 Å². The Bertz CT molecular complexity index is 962. The third-order valence-electron chi connectivity index (χ3n) is 5.36. The second-order valence-corrected chi connectivity index (χ2v) is 7.26. The van der Waals surface area contributed by atoms with E-state index in [0.717, 1.165) is 41.9 Å². The lowest BCUT2D eigenvalue weighted by molar-refractivity contribution is 0.279. The maximum Gasteiger partial charge on any atom is 0.213 e. The van der Waals surface area contributed by atoms with E-state index in [2.05, 4.69) is 43.7 Å². The molecule has 0 spiro atoms. The highest BCUT2D eigenvalue weighted by atomic mass is 16.5. The highest BCUT2D eigenvalue weighted by Gasteiger charge is 2.19. The Balaban J connectivity index is 2.18. The van der Waals surface area contributed by atoms with Gasteiger partial charge in [-0.05, 0) is 55.4 Å². The van der Waals surface area contributed by atoms with Crippen LogP contribution in [-0.2, 0) is 19.9 Å². The van der Waals surface area contributed by atoms with Gasteiger partial charge in [-0.15, -0.1) is 0 Å². The van der Waals surface area contributed by atoms with Crippen molar-refractivity contribution in [3.05, 3.63) is 41.2 Å². The van der Waals surface area contributed by atoms with Crippen molar-refractivity contribution in [1.82, 2.24) is 14.5 Å². The van der Waals surface area contributed by atoms with Crippen LogP contribution in [0.25, 0.3) is 22.3 Å². The topological polar surface area (TPSA) is 60.2 Å². The second kappa shape index (κ2) is 8.74. The molecule has 150 valence electrons. The summed E-state index contributed by atoms with van der Waals surface area (Å²) in [6.45, 7) is 9.22. The normalized spacial score (nSPS) is 12.5. The minimum Gasteiger partial charge on any atom is -0.478 e. The number of fused-ring (bicyclic) bond motifs is 1. The number of rotatable bonds is 8. The largest absolute Gasteiger partial charge is 0.478 e. The van der Waals surface area contributed by atoms with Gasteiger partial charge in [-0.25, -0.2) is 9.97 Å². The monoisotopic (exact) mass is 381 g/mol. The molecule has 1 atom stereocenters. The van der Waals surface area contributed by atoms with Crippen LogP contribution in [0.1, 0.15) is 56.9 Å². The molecule has 3 heterocycles. The third-order valence-corrected chi connectivity index (χ3v) is 5.36. The highest BCUT2D eigenvalue weighted by molar-refractivity contribution is 5.85. The molecule has 0 radical (unpaired) electrons. The maximum absolute atomic E-state index is 9.35. The molecule has 0 bridgehead atoms. The fourth-order valence-electron chi connectivity index (χ4n) is 3.80. The number of pyridine rings is 2. The molecular weight excluding hydrogens is 350 g/mol. The number of hydrogen-bond donors (Lipinski definition) is 1. The summed E-state index contributed by atoms with van der Waals surface area (Å²) >= 11 is 0. The lowest BCUT2D eigenvalue weighted by atomic mass is 9.95. The van der Waals surface area contributed by atoms with Crippen molar-refractivity contribution in [3.63, 3.8) is 0 Å². The van der Waals surface area contributed by atoms with Crippen molar-refractivity contribution in [2.75, 3.05) is 13.2 Å². The predicted octanol–water partition coefficient (Wildman–Crippen LogP) is 4.64. The van der Waals surface area contributed by atoms with Gasteiger partial charge in [0.2, 0.25) is 5.88 Å². The smallest absolute Gasteiger partial charge is 0.213 e. The molecule has 28 heavy (non-hydrogen) atoms. The van der Waals surface area contributed by atoms with E-state index < -0.39 is 0 Å². The predicted molar refractivity (Wildman–Crippen MR) is 114 cm³/mol. The average Bonchev–Trinajstić information content (AvgIpc) is 3.03. The summed E-state index contributed by atoms with van der Waals surface area (Å²) in [6.07, 6.45) is 4.63. The lowest BCUT2D eigenvalue weighted by Crippen LogP contribution is -2.02. The average molecular weight is 382 g/mol. The number of nitrogens with zero attached hydrogens (tertiary/aromatic N) is 3. The van der Waals surface area contributed by atoms with E-state index in [1.54, 1.807) is 0 Å². The summed E-state index contributed by atoms with van der Waals surface area (Å²) in [5.41, 5.74) is 6.54. The van der Waals surface area contributed by atoms with E-state index in [9.17, 15) is 5.11 Å². The zero-order chi connectivity index (χ0) is 20.3. The molecule has 0 aliphatic rings. The number of aliphatic hydroxyl groups excluding tert-OH is 1. The molecule has 5 heteroatoms. The Kier molecular flexibility index (Phi) is 6.35. The Morgan fingerprint density at radius 1 is 1.14 bits per heavy atom. The molecular formula is C23H31N3O2. The van der Waals surface area contributed by atoms with Gasteiger partial charge < -0.3 is 14.4 Å². The molecule has 0 fully saturated rings. The van der Waals surface area contributed by atoms with Gasteiger partial charge >= 0.3 is 0 Å². The molecule has 0 aliphatic heterocycles. The molecule has 0 amide bonds. The van der Waals surface area contributed by atoms with Gasteiger partial charge in [0.15, 0.2) is 0 Å². The maximum atomic E-state index is 9.35. The summed E-state index contributed by atoms with van der Waals surface area (Å²) in [6, 6.07) is 6.29. The van der Waals surface area contributed by atoms with Crippen LogP contribution in [0.15, 0.2) is 24.4 Å². The van der Waals surface area contributed by atoms with Crippen LogP contribution in [0.5, 0.6) is 5.88 Å². The van der Waals surface area contributed by atoms with Crippen molar-refractivity contribution in [1.29, 1.82) is 0 Å². The number of ether oxygens (including phenoxy) is 1. The lowest BCUT2D eigenvalue weighted by Gasteiger charge is -2.14. The van der Waals surface area contributed by atoms with Gasteiger partial charge in [0.1, 0.15) is 5.65 Å². The summed E-state index contributed by atoms with van der Waals surface area (Å²) in [5.74, 6) is 0.964. The molecule has 0 saturated heterocycles. The van der Waals surface area contributed by atoms with Crippen molar-refractivity contribution in [2.45, 2.75) is 52.9 Å². The molecule has 3 rings (SSSR count). The van der Waals surface area contributed by atoms with Crippen LogP contribution in [0.2, 0.25) is 0 Å². The zero-order valence-electron chi connectivity index (χ0n) is 17.6. The number of hydrogen-bond acceptors (Lipinski definition) is 4. The first-order valence-electron chi connectivity index (χ1n) is 10.3. The van der Waals surface area contributed by atoms with Crippen LogP contribution >= 0.6 is 0 Å². The van der Waals surface area contributed by atoms with Crippen molar-refractivity contribution < 1.29 is 9.84 Å². The van der Waals surface area contributed by atoms with Gasteiger partial charge in [0.05, 0.1) is 18.0 Å². The van der Waals surface area contributed by atoms with E-state index in [1.807, 2.05) is 20.0 Å². The Morgan fingerprint density at radius 3 is 2.57 bits per heavy atom. The van der Waals surface area contributed by atoms with Gasteiger partial charge in [0.25, 0.3) is 0 Å². The Labute approximate surface area is 167 Å². The summed E-state index contributed by atoms with van der Waals surface area (Å²) in [4.78, 5) is 9.78. The second-order valence-electron chi connectivity index (χ2n) is 7.26. The summed E-state index contributed by atoms with van der Waals surface area (Å²) in [5, 5.41) is 10.5. The van der Waals surface area contributed by atoms with Crippen molar-refractivity contribution >= 4 is 11.0 Å². The van der Waals surface area contributed by atoms with E-state index in [0.29, 0.717) is 18.4 Å². The minimum atomic E-state index is 0.196. The van der Waals surface area contributed by atoms with Gasteiger partial charge in [-0.3, -0.25) is 0 Å². The van der Waals surface area contributed by atoms with Crippen molar-refractivity contribution in [2.24, 2.45) is 7.05 Å². The van der Waals surface area contributed by atoms with Crippen molar-refractivity contribution in [3.8, 4) is 17.1 Å². The highest BCUT2D eigenvalue weighted by Crippen LogP contribution is 2.34. The standard InChI is InChI=1S/C23H31N3O2/c1-6-16-13-18-19(15(4)11-12-27)14-26(5)23(18)25-22(16)17-9-10-21(28-8-3)24-20(17)7-2/h9-10,13-15,27H,6-8,11-12H2,1-5H3/t15-/m1/s1. The van der Waals surface area contributed by atoms with Crippen LogP contribution in [-0.4, -0.2) is 32.9 Å². The molecule has 0 saturated carbocycles. The van der Waals surface area contributed by atoms with E-state index >= 15 is 0 Å². The summed E-state index contributed by atoms with van der Waals surface area (Å²) < 4.78 is 7.67. The van der Waals surface area contributed by atoms with Crippen LogP contribution < -0.4 is 4.74 Å². The van der Waals surface area contributed by atoms with E-state index in [1.165, 1.54) is 16.5 Å². The number of aryl methyl sites for hydroxylation is 3. The van der Waals surface area contributed by atoms with Crippen LogP contribution in [0.3, 0.4) is 0 Å². The fourth-order valence-corrected chi connectivity index (χ4v) is 3.80. The Hall–Kier alpha value is -2.40. The van der Waals surface area contributed by atoms with E-state index in [-0.39, 0.29) is 6.61 Å². The quantitative estimate of drug-likeness (QED) is 0.617. The first-order chi connectivity index (χ1) is 13.5. The molecule has 1 N–H and O–H groups in total. The van der Waals surface area contributed by atoms with Gasteiger partial charge in [0, 0.05) is 36.9 Å². The fraction of sp³-hybridized carbons (Fsp3) is 0.478. The first-order valence-corrected chi connectivity index (χ1v) is 10.3. The molecule has 0 aliphatic carbocycles. The van der Waals surface area contributed by atoms with E-state index in [4.69, 9.17) is 14.7 Å². The number of aromatic nitrogens is 3. The zero-order valence-corrected chi connectivity index (χ0v) is 17.6. The van der Waals surface area contributed by atoms with Gasteiger partial charge in [-0.1, -0.05) is 20.8 Å². The summed E-state index contributed by atoms with van der Waals surface area (Å²) in [7, 11) is 2.04. The Morgan fingerprint density at radius 2 is 1.93 bits per heavy atom. The minimum absolute atomic E-state index is 0.196. The molecule has 0 unspecified atom stereocenters. The first kappa shape index (κ1) is 20.3. The third kappa shape index (κ3) is 3.76.